The Morgan fingerprint density at radius 2 is 2.09 bits per heavy atom. The van der Waals surface area contributed by atoms with Crippen molar-refractivity contribution in [1.82, 2.24) is 24.5 Å². The van der Waals surface area contributed by atoms with Gasteiger partial charge in [0.1, 0.15) is 0 Å². The first-order chi connectivity index (χ1) is 11.0. The summed E-state index contributed by atoms with van der Waals surface area (Å²) < 4.78 is 1.81. The number of aromatic nitrogens is 4. The van der Waals surface area contributed by atoms with Crippen LogP contribution in [0.15, 0.2) is 24.4 Å². The first-order valence-electron chi connectivity index (χ1n) is 7.39. The van der Waals surface area contributed by atoms with E-state index in [4.69, 9.17) is 5.73 Å². The smallest absolute Gasteiger partial charge is 0.258 e. The van der Waals surface area contributed by atoms with Gasteiger partial charge in [0.25, 0.3) is 5.91 Å². The van der Waals surface area contributed by atoms with E-state index in [0.29, 0.717) is 18.7 Å². The number of fused-ring (bicyclic) bond motifs is 2. The molecule has 7 heteroatoms. The highest BCUT2D eigenvalue weighted by Gasteiger charge is 2.29. The highest BCUT2D eigenvalue weighted by atomic mass is 16.2. The van der Waals surface area contributed by atoms with Gasteiger partial charge in [0.05, 0.1) is 29.0 Å². The van der Waals surface area contributed by atoms with Crippen LogP contribution in [0.1, 0.15) is 33.0 Å². The average Bonchev–Trinajstić information content (AvgIpc) is 3.07. The Hall–Kier alpha value is -2.96. The summed E-state index contributed by atoms with van der Waals surface area (Å²) >= 11 is 0. The molecule has 3 aromatic rings. The summed E-state index contributed by atoms with van der Waals surface area (Å²) in [6, 6.07) is 5.83. The lowest BCUT2D eigenvalue weighted by atomic mass is 10.1. The molecule has 0 unspecified atom stereocenters. The van der Waals surface area contributed by atoms with Gasteiger partial charge in [-0.05, 0) is 26.0 Å². The monoisotopic (exact) mass is 308 g/mol. The molecule has 116 valence electrons. The lowest BCUT2D eigenvalue weighted by molar-refractivity contribution is 0.0751. The van der Waals surface area contributed by atoms with Crippen LogP contribution in [0.2, 0.25) is 0 Å². The van der Waals surface area contributed by atoms with E-state index in [1.54, 1.807) is 11.1 Å². The number of rotatable bonds is 1. The number of hydrogen-bond acceptors (Lipinski definition) is 5. The minimum Gasteiger partial charge on any atom is -0.368 e. The van der Waals surface area contributed by atoms with Crippen molar-refractivity contribution < 1.29 is 4.79 Å². The fourth-order valence-electron chi connectivity index (χ4n) is 3.05. The van der Waals surface area contributed by atoms with E-state index in [9.17, 15) is 4.79 Å². The fourth-order valence-corrected chi connectivity index (χ4v) is 3.05. The summed E-state index contributed by atoms with van der Waals surface area (Å²) in [7, 11) is 0. The van der Waals surface area contributed by atoms with Crippen LogP contribution in [0, 0.1) is 13.8 Å². The molecule has 0 saturated carbocycles. The van der Waals surface area contributed by atoms with Crippen molar-refractivity contribution in [2.45, 2.75) is 26.9 Å². The van der Waals surface area contributed by atoms with Crippen LogP contribution in [0.25, 0.3) is 5.52 Å². The topological polar surface area (TPSA) is 89.4 Å². The maximum Gasteiger partial charge on any atom is 0.258 e. The van der Waals surface area contributed by atoms with Crippen molar-refractivity contribution in [3.63, 3.8) is 0 Å². The normalized spacial score (nSPS) is 13.6. The highest BCUT2D eigenvalue weighted by Crippen LogP contribution is 2.25. The number of anilines is 1. The lowest BCUT2D eigenvalue weighted by Gasteiger charge is -2.14. The fraction of sp³-hybridized carbons (Fsp3) is 0.250. The molecule has 0 fully saturated rings. The van der Waals surface area contributed by atoms with Gasteiger partial charge < -0.3 is 10.6 Å². The number of hydrogen-bond donors (Lipinski definition) is 1. The molecule has 1 aliphatic rings. The molecule has 0 aromatic carbocycles. The van der Waals surface area contributed by atoms with E-state index in [2.05, 4.69) is 15.1 Å². The number of carbonyl (C=O) groups excluding carboxylic acids is 1. The molecule has 0 spiro atoms. The third-order valence-electron chi connectivity index (χ3n) is 4.20. The summed E-state index contributed by atoms with van der Waals surface area (Å²) in [5, 5.41) is 4.49. The van der Waals surface area contributed by atoms with E-state index in [-0.39, 0.29) is 11.9 Å². The SMILES string of the molecule is Cc1nn2c(C)cccc2c1C(=O)N1Cc2cnc(N)nc2C1. The molecular formula is C16H16N6O. The van der Waals surface area contributed by atoms with E-state index < -0.39 is 0 Å². The van der Waals surface area contributed by atoms with Gasteiger partial charge in [0, 0.05) is 24.0 Å². The summed E-state index contributed by atoms with van der Waals surface area (Å²) in [6.45, 7) is 4.78. The van der Waals surface area contributed by atoms with Gasteiger partial charge in [-0.15, -0.1) is 0 Å². The van der Waals surface area contributed by atoms with Gasteiger partial charge in [-0.25, -0.2) is 14.5 Å². The van der Waals surface area contributed by atoms with Crippen LogP contribution in [0.5, 0.6) is 0 Å². The minimum atomic E-state index is -0.0420. The van der Waals surface area contributed by atoms with Crippen LogP contribution < -0.4 is 5.73 Å². The number of aryl methyl sites for hydroxylation is 2. The minimum absolute atomic E-state index is 0.0420. The molecule has 4 heterocycles. The van der Waals surface area contributed by atoms with Crippen molar-refractivity contribution >= 4 is 17.4 Å². The van der Waals surface area contributed by atoms with E-state index in [1.165, 1.54) is 0 Å². The lowest BCUT2D eigenvalue weighted by Crippen LogP contribution is -2.26. The van der Waals surface area contributed by atoms with Gasteiger partial charge in [0.2, 0.25) is 5.95 Å². The largest absolute Gasteiger partial charge is 0.368 e. The summed E-state index contributed by atoms with van der Waals surface area (Å²) in [5.74, 6) is 0.195. The molecule has 1 amide bonds. The first-order valence-corrected chi connectivity index (χ1v) is 7.39. The number of nitrogen functional groups attached to an aromatic ring is 1. The second kappa shape index (κ2) is 4.77. The zero-order chi connectivity index (χ0) is 16.1. The van der Waals surface area contributed by atoms with Gasteiger partial charge in [-0.1, -0.05) is 6.07 Å². The number of nitrogens with zero attached hydrogens (tertiary/aromatic N) is 5. The molecule has 1 aliphatic heterocycles. The standard InChI is InChI=1S/C16H16N6O/c1-9-4-3-5-13-14(10(2)20-22(9)13)15(23)21-7-11-6-18-16(17)19-12(11)8-21/h3-6H,7-8H2,1-2H3,(H2,17,18,19). The Morgan fingerprint density at radius 1 is 1.26 bits per heavy atom. The van der Waals surface area contributed by atoms with Gasteiger partial charge in [-0.3, -0.25) is 4.79 Å². The molecule has 2 N–H and O–H groups in total. The van der Waals surface area contributed by atoms with Crippen LogP contribution in [0.3, 0.4) is 0 Å². The molecule has 0 saturated heterocycles. The maximum absolute atomic E-state index is 13.0. The molecule has 7 nitrogen and oxygen atoms in total. The third-order valence-corrected chi connectivity index (χ3v) is 4.20. The number of pyridine rings is 1. The van der Waals surface area contributed by atoms with Crippen molar-refractivity contribution in [1.29, 1.82) is 0 Å². The van der Waals surface area contributed by atoms with E-state index >= 15 is 0 Å². The Balaban J connectivity index is 1.74. The number of nitrogens with two attached hydrogens (primary N) is 1. The first kappa shape index (κ1) is 13.7. The molecular weight excluding hydrogens is 292 g/mol. The van der Waals surface area contributed by atoms with Crippen molar-refractivity contribution in [2.24, 2.45) is 0 Å². The third kappa shape index (κ3) is 2.04. The van der Waals surface area contributed by atoms with Crippen LogP contribution in [0.4, 0.5) is 5.95 Å². The molecule has 0 atom stereocenters. The Bertz CT molecular complexity index is 945. The van der Waals surface area contributed by atoms with Crippen molar-refractivity contribution in [3.05, 3.63) is 52.6 Å². The highest BCUT2D eigenvalue weighted by molar-refractivity contribution is 6.02. The molecule has 0 radical (unpaired) electrons. The van der Waals surface area contributed by atoms with Crippen LogP contribution in [-0.2, 0) is 13.1 Å². The predicted molar refractivity (Wildman–Crippen MR) is 84.7 cm³/mol. The maximum atomic E-state index is 13.0. The second-order valence-electron chi connectivity index (χ2n) is 5.79. The molecule has 0 aliphatic carbocycles. The van der Waals surface area contributed by atoms with Crippen molar-refractivity contribution in [2.75, 3.05) is 5.73 Å². The molecule has 4 rings (SSSR count). The molecule has 3 aromatic heterocycles. The average molecular weight is 308 g/mol. The molecule has 23 heavy (non-hydrogen) atoms. The predicted octanol–water partition coefficient (Wildman–Crippen LogP) is 1.48. The van der Waals surface area contributed by atoms with Gasteiger partial charge in [-0.2, -0.15) is 5.10 Å². The Morgan fingerprint density at radius 3 is 2.91 bits per heavy atom. The second-order valence-corrected chi connectivity index (χ2v) is 5.79. The van der Waals surface area contributed by atoms with E-state index in [0.717, 1.165) is 28.2 Å². The van der Waals surface area contributed by atoms with Gasteiger partial charge >= 0.3 is 0 Å². The van der Waals surface area contributed by atoms with E-state index in [1.807, 2.05) is 36.6 Å². The zero-order valence-corrected chi connectivity index (χ0v) is 12.9. The zero-order valence-electron chi connectivity index (χ0n) is 12.9. The van der Waals surface area contributed by atoms with Crippen LogP contribution >= 0.6 is 0 Å². The van der Waals surface area contributed by atoms with Crippen molar-refractivity contribution in [3.8, 4) is 0 Å². The summed E-state index contributed by atoms with van der Waals surface area (Å²) in [4.78, 5) is 23.0. The Labute approximate surface area is 132 Å². The Kier molecular flexibility index (Phi) is 2.84. The summed E-state index contributed by atoms with van der Waals surface area (Å²) in [5.41, 5.74) is 10.6. The number of carbonyl (C=O) groups is 1. The quantitative estimate of drug-likeness (QED) is 0.735. The number of amides is 1. The summed E-state index contributed by atoms with van der Waals surface area (Å²) in [6.07, 6.45) is 1.69. The van der Waals surface area contributed by atoms with Gasteiger partial charge in [0.15, 0.2) is 0 Å². The molecule has 0 bridgehead atoms. The van der Waals surface area contributed by atoms with Crippen LogP contribution in [-0.4, -0.2) is 30.4 Å².